The van der Waals surface area contributed by atoms with Crippen LogP contribution < -0.4 is 21.5 Å². The van der Waals surface area contributed by atoms with Crippen LogP contribution in [0.3, 0.4) is 0 Å². The van der Waals surface area contributed by atoms with Crippen LogP contribution in [0.2, 0.25) is 0 Å². The van der Waals surface area contributed by atoms with E-state index >= 15 is 0 Å². The second kappa shape index (κ2) is 16.6. The van der Waals surface area contributed by atoms with Crippen molar-refractivity contribution in [2.45, 2.75) is 48.0 Å². The van der Waals surface area contributed by atoms with Crippen LogP contribution in [-0.2, 0) is 0 Å². The second-order valence-electron chi connectivity index (χ2n) is 6.22. The zero-order valence-electron chi connectivity index (χ0n) is 18.3. The van der Waals surface area contributed by atoms with Gasteiger partial charge in [-0.1, -0.05) is 27.7 Å². The molecule has 0 aliphatic carbocycles. The minimum Gasteiger partial charge on any atom is -0.361 e. The van der Waals surface area contributed by atoms with E-state index in [-0.39, 0.29) is 0 Å². The molecule has 0 aromatic heterocycles. The summed E-state index contributed by atoms with van der Waals surface area (Å²) in [5.41, 5.74) is 7.15. The van der Waals surface area contributed by atoms with E-state index in [2.05, 4.69) is 69.2 Å². The van der Waals surface area contributed by atoms with Crippen molar-refractivity contribution in [2.75, 3.05) is 45.9 Å². The molecule has 8 nitrogen and oxygen atoms in total. The lowest BCUT2D eigenvalue weighted by Crippen LogP contribution is -2.41. The van der Waals surface area contributed by atoms with Crippen LogP contribution in [0.1, 0.15) is 48.0 Å². The third-order valence-electron chi connectivity index (χ3n) is 4.36. The topological polar surface area (TPSA) is 79.3 Å². The third-order valence-corrected chi connectivity index (χ3v) is 4.83. The van der Waals surface area contributed by atoms with Crippen LogP contribution in [0.4, 0.5) is 0 Å². The fraction of sp³-hybridized carbons (Fsp3) is 0.778. The lowest BCUT2D eigenvalue weighted by Gasteiger charge is -2.19. The summed E-state index contributed by atoms with van der Waals surface area (Å²) in [5, 5.41) is 15.8. The van der Waals surface area contributed by atoms with E-state index in [1.165, 1.54) is 0 Å². The van der Waals surface area contributed by atoms with Crippen molar-refractivity contribution >= 4 is 46.1 Å². The summed E-state index contributed by atoms with van der Waals surface area (Å²) in [4.78, 5) is 4.60. The molecule has 0 aliphatic rings. The van der Waals surface area contributed by atoms with Crippen molar-refractivity contribution in [3.8, 4) is 0 Å². The third kappa shape index (κ3) is 12.9. The molecule has 4 N–H and O–H groups in total. The highest BCUT2D eigenvalue weighted by atomic mass is 32.1. The lowest BCUT2D eigenvalue weighted by atomic mass is 10.3. The molecule has 0 aliphatic heterocycles. The Hall–Kier alpha value is -1.36. The molecule has 0 unspecified atom stereocenters. The van der Waals surface area contributed by atoms with E-state index in [1.807, 2.05) is 13.8 Å². The van der Waals surface area contributed by atoms with Gasteiger partial charge in [-0.05, 0) is 77.4 Å². The minimum atomic E-state index is 0.484. The minimum absolute atomic E-state index is 0.484. The Balaban J connectivity index is 4.19. The van der Waals surface area contributed by atoms with E-state index < -0.39 is 0 Å². The highest BCUT2D eigenvalue weighted by Crippen LogP contribution is 1.89. The summed E-state index contributed by atoms with van der Waals surface area (Å²) in [6.07, 6.45) is 1.04. The maximum Gasteiger partial charge on any atom is 0.187 e. The Morgan fingerprint density at radius 1 is 0.750 bits per heavy atom. The van der Waals surface area contributed by atoms with Crippen LogP contribution in [0.25, 0.3) is 0 Å². The highest BCUT2D eigenvalue weighted by molar-refractivity contribution is 7.80. The van der Waals surface area contributed by atoms with E-state index in [4.69, 9.17) is 24.4 Å². The maximum absolute atomic E-state index is 5.25. The first-order valence-electron chi connectivity index (χ1n) is 9.99. The van der Waals surface area contributed by atoms with Gasteiger partial charge in [0.15, 0.2) is 10.2 Å². The van der Waals surface area contributed by atoms with Gasteiger partial charge in [0.25, 0.3) is 0 Å². The first kappa shape index (κ1) is 26.6. The van der Waals surface area contributed by atoms with E-state index in [9.17, 15) is 0 Å². The molecule has 0 saturated carbocycles. The van der Waals surface area contributed by atoms with Gasteiger partial charge in [-0.15, -0.1) is 0 Å². The zero-order valence-corrected chi connectivity index (χ0v) is 19.9. The molecule has 0 bridgehead atoms. The van der Waals surface area contributed by atoms with Crippen molar-refractivity contribution in [1.82, 2.24) is 31.3 Å². The summed E-state index contributed by atoms with van der Waals surface area (Å²) in [6.45, 7) is 18.9. The van der Waals surface area contributed by atoms with Crippen molar-refractivity contribution in [1.29, 1.82) is 0 Å². The van der Waals surface area contributed by atoms with Crippen LogP contribution >= 0.6 is 24.4 Å². The quantitative estimate of drug-likeness (QED) is 0.116. The van der Waals surface area contributed by atoms with Crippen LogP contribution in [0.15, 0.2) is 10.2 Å². The Morgan fingerprint density at radius 3 is 1.68 bits per heavy atom. The number of hydrazone groups is 2. The zero-order chi connectivity index (χ0) is 21.4. The summed E-state index contributed by atoms with van der Waals surface area (Å²) in [5.74, 6) is 0. The monoisotopic (exact) mass is 430 g/mol. The number of hydrogen-bond acceptors (Lipinski definition) is 6. The highest BCUT2D eigenvalue weighted by Gasteiger charge is 2.02. The summed E-state index contributed by atoms with van der Waals surface area (Å²) < 4.78 is 0. The Kier molecular flexibility index (Phi) is 15.8. The molecule has 0 aromatic carbocycles. The summed E-state index contributed by atoms with van der Waals surface area (Å²) in [7, 11) is 0. The Bertz CT molecular complexity index is 514. The predicted molar refractivity (Wildman–Crippen MR) is 129 cm³/mol. The Labute approximate surface area is 181 Å². The second-order valence-corrected chi connectivity index (χ2v) is 7.04. The van der Waals surface area contributed by atoms with Gasteiger partial charge in [0.2, 0.25) is 0 Å². The van der Waals surface area contributed by atoms with Gasteiger partial charge >= 0.3 is 0 Å². The van der Waals surface area contributed by atoms with Gasteiger partial charge in [-0.25, -0.2) is 0 Å². The maximum atomic E-state index is 5.25. The van der Waals surface area contributed by atoms with Gasteiger partial charge in [0.05, 0.1) is 18.1 Å². The molecule has 0 atom stereocenters. The Morgan fingerprint density at radius 2 is 1.21 bits per heavy atom. The van der Waals surface area contributed by atoms with Gasteiger partial charge in [0.1, 0.15) is 0 Å². The average molecular weight is 431 g/mol. The molecule has 0 amide bonds. The van der Waals surface area contributed by atoms with Gasteiger partial charge in [-0.3, -0.25) is 15.8 Å². The van der Waals surface area contributed by atoms with Crippen LogP contribution in [-0.4, -0.2) is 77.4 Å². The fourth-order valence-electron chi connectivity index (χ4n) is 2.19. The standard InChI is InChI=1S/C18H38N8S2/c1-7-25(8-2)13-11-12-19-17(27)23-21-15(5)16(6)22-24-18(28)20-14-26(9-3)10-4/h7-14H2,1-6H3,(H2,19,23,27)(H2,20,24,28)/b21-15+,22-16+. The first-order chi connectivity index (χ1) is 13.4. The summed E-state index contributed by atoms with van der Waals surface area (Å²) in [6, 6.07) is 0. The first-order valence-corrected chi connectivity index (χ1v) is 10.8. The molecule has 0 saturated heterocycles. The van der Waals surface area contributed by atoms with Crippen LogP contribution in [0.5, 0.6) is 0 Å². The summed E-state index contributed by atoms with van der Waals surface area (Å²) >= 11 is 10.5. The van der Waals surface area contributed by atoms with Crippen LogP contribution in [0, 0.1) is 0 Å². The lowest BCUT2D eigenvalue weighted by molar-refractivity contribution is 0.298. The smallest absolute Gasteiger partial charge is 0.187 e. The molecule has 0 aromatic rings. The van der Waals surface area contributed by atoms with E-state index in [0.29, 0.717) is 16.9 Å². The van der Waals surface area contributed by atoms with Crippen molar-refractivity contribution in [3.05, 3.63) is 0 Å². The number of thiocarbonyl (C=S) groups is 2. The molecule has 0 fully saturated rings. The number of nitrogens with zero attached hydrogens (tertiary/aromatic N) is 4. The molecule has 0 spiro atoms. The molecule has 10 heteroatoms. The molecule has 0 radical (unpaired) electrons. The molecular formula is C18H38N8S2. The largest absolute Gasteiger partial charge is 0.361 e. The molecule has 0 rings (SSSR count). The van der Waals surface area contributed by atoms with Gasteiger partial charge in [0, 0.05) is 6.54 Å². The van der Waals surface area contributed by atoms with Crippen molar-refractivity contribution in [2.24, 2.45) is 10.2 Å². The SMILES string of the molecule is CCN(CC)CCCNC(=S)N/N=C(C)/C(C)=N/NC(=S)NCN(CC)CC. The molecule has 162 valence electrons. The van der Waals surface area contributed by atoms with Crippen molar-refractivity contribution in [3.63, 3.8) is 0 Å². The van der Waals surface area contributed by atoms with Gasteiger partial charge in [-0.2, -0.15) is 10.2 Å². The number of rotatable bonds is 13. The number of hydrogen-bond donors (Lipinski definition) is 4. The van der Waals surface area contributed by atoms with Gasteiger partial charge < -0.3 is 15.5 Å². The van der Waals surface area contributed by atoms with E-state index in [0.717, 1.165) is 57.1 Å². The van der Waals surface area contributed by atoms with E-state index in [1.54, 1.807) is 0 Å². The average Bonchev–Trinajstić information content (AvgIpc) is 2.70. The molecule has 0 heterocycles. The predicted octanol–water partition coefficient (Wildman–Crippen LogP) is 1.70. The fourth-order valence-corrected chi connectivity index (χ4v) is 2.44. The normalized spacial score (nSPS) is 12.3. The number of nitrogens with one attached hydrogen (secondary N) is 4. The molecule has 28 heavy (non-hydrogen) atoms. The molecular weight excluding hydrogens is 392 g/mol. The van der Waals surface area contributed by atoms with Crippen molar-refractivity contribution < 1.29 is 0 Å².